The highest BCUT2D eigenvalue weighted by atomic mass is 35.5. The number of carbonyl (C=O) groups is 1. The molecule has 158 valence electrons. The average Bonchev–Trinajstić information content (AvgIpc) is 3.08. The van der Waals surface area contributed by atoms with Gasteiger partial charge in [-0.3, -0.25) is 0 Å². The number of hydrogen-bond donors (Lipinski definition) is 2. The first kappa shape index (κ1) is 22.0. The molecule has 2 aromatic carbocycles. The molecule has 0 amide bonds. The van der Waals surface area contributed by atoms with Crippen LogP contribution in [0, 0.1) is 0 Å². The Bertz CT molecular complexity index is 1150. The van der Waals surface area contributed by atoms with Gasteiger partial charge in [-0.05, 0) is 49.2 Å². The first-order chi connectivity index (χ1) is 14.2. The van der Waals surface area contributed by atoms with E-state index in [-0.39, 0.29) is 10.6 Å². The Hall–Kier alpha value is -2.68. The molecule has 0 radical (unpaired) electrons. The molecule has 0 saturated heterocycles. The molecule has 1 aromatic heterocycles. The van der Waals surface area contributed by atoms with Gasteiger partial charge in [-0.1, -0.05) is 43.5 Å². The van der Waals surface area contributed by atoms with E-state index in [0.717, 1.165) is 24.8 Å². The monoisotopic (exact) mass is 447 g/mol. The van der Waals surface area contributed by atoms with Gasteiger partial charge < -0.3 is 5.11 Å². The Morgan fingerprint density at radius 3 is 2.27 bits per heavy atom. The lowest BCUT2D eigenvalue weighted by Gasteiger charge is -2.11. The molecular formula is C21H22ClN3O4S. The van der Waals surface area contributed by atoms with Crippen molar-refractivity contribution >= 4 is 27.6 Å². The minimum absolute atomic E-state index is 0.0217. The highest BCUT2D eigenvalue weighted by Gasteiger charge is 2.24. The number of unbranched alkanes of at least 4 members (excludes halogenated alkanes) is 2. The molecular weight excluding hydrogens is 426 g/mol. The Balaban J connectivity index is 2.21. The number of aromatic nitrogens is 2. The van der Waals surface area contributed by atoms with Gasteiger partial charge in [0.25, 0.3) is 0 Å². The van der Waals surface area contributed by atoms with Crippen LogP contribution >= 0.6 is 11.6 Å². The summed E-state index contributed by atoms with van der Waals surface area (Å²) in [7, 11) is -3.84. The minimum Gasteiger partial charge on any atom is -0.476 e. The van der Waals surface area contributed by atoms with Crippen LogP contribution in [0.15, 0.2) is 53.4 Å². The molecule has 0 aliphatic heterocycles. The third kappa shape index (κ3) is 4.72. The normalized spacial score (nSPS) is 11.6. The zero-order valence-electron chi connectivity index (χ0n) is 16.4. The highest BCUT2D eigenvalue weighted by molar-refractivity contribution is 7.89. The van der Waals surface area contributed by atoms with Crippen LogP contribution in [0.2, 0.25) is 5.02 Å². The Kier molecular flexibility index (Phi) is 6.60. The molecule has 30 heavy (non-hydrogen) atoms. The number of carboxylic acids is 1. The summed E-state index contributed by atoms with van der Waals surface area (Å²) in [5.74, 6) is -1.11. The van der Waals surface area contributed by atoms with Crippen LogP contribution in [0.25, 0.3) is 16.9 Å². The summed E-state index contributed by atoms with van der Waals surface area (Å²) in [5, 5.41) is 19.8. The third-order valence-corrected chi connectivity index (χ3v) is 5.93. The van der Waals surface area contributed by atoms with Gasteiger partial charge in [0.05, 0.1) is 16.3 Å². The number of benzene rings is 2. The summed E-state index contributed by atoms with van der Waals surface area (Å²) >= 11 is 6.03. The van der Waals surface area contributed by atoms with Gasteiger partial charge in [0.2, 0.25) is 10.0 Å². The zero-order chi connectivity index (χ0) is 21.9. The van der Waals surface area contributed by atoms with Crippen molar-refractivity contribution in [3.63, 3.8) is 0 Å². The second-order valence-electron chi connectivity index (χ2n) is 6.90. The first-order valence-electron chi connectivity index (χ1n) is 9.46. The number of aromatic carboxylic acids is 1. The predicted octanol–water partition coefficient (Wildman–Crippen LogP) is 4.27. The molecule has 9 heteroatoms. The van der Waals surface area contributed by atoms with E-state index in [4.69, 9.17) is 16.7 Å². The van der Waals surface area contributed by atoms with Crippen molar-refractivity contribution in [2.45, 2.75) is 37.5 Å². The smallest absolute Gasteiger partial charge is 0.356 e. The van der Waals surface area contributed by atoms with Crippen LogP contribution in [0.3, 0.4) is 0 Å². The molecule has 3 rings (SSSR count). The van der Waals surface area contributed by atoms with Gasteiger partial charge in [-0.15, -0.1) is 0 Å². The lowest BCUT2D eigenvalue weighted by atomic mass is 10.00. The molecule has 0 saturated carbocycles. The molecule has 0 spiro atoms. The quantitative estimate of drug-likeness (QED) is 0.500. The van der Waals surface area contributed by atoms with E-state index in [1.165, 1.54) is 16.8 Å². The van der Waals surface area contributed by atoms with Crippen molar-refractivity contribution in [3.8, 4) is 16.9 Å². The van der Waals surface area contributed by atoms with Gasteiger partial charge >= 0.3 is 5.97 Å². The van der Waals surface area contributed by atoms with E-state index in [1.54, 1.807) is 24.3 Å². The molecule has 7 nitrogen and oxygen atoms in total. The molecule has 0 aliphatic rings. The number of carboxylic acid groups (broad SMARTS) is 1. The number of halogens is 1. The predicted molar refractivity (Wildman–Crippen MR) is 116 cm³/mol. The number of nitrogens with zero attached hydrogens (tertiary/aromatic N) is 2. The van der Waals surface area contributed by atoms with Gasteiger partial charge in [0.1, 0.15) is 0 Å². The summed E-state index contributed by atoms with van der Waals surface area (Å²) in [5.41, 5.74) is 2.54. The maximum Gasteiger partial charge on any atom is 0.356 e. The average molecular weight is 448 g/mol. The number of rotatable bonds is 8. The number of sulfonamides is 1. The van der Waals surface area contributed by atoms with E-state index in [2.05, 4.69) is 12.0 Å². The summed E-state index contributed by atoms with van der Waals surface area (Å²) in [4.78, 5) is 11.9. The maximum atomic E-state index is 11.9. The Morgan fingerprint density at radius 2 is 1.73 bits per heavy atom. The SMILES string of the molecule is CCCCCc1c(C(=O)O)nn(-c2ccc(S(N)(=O)=O)cc2)c1-c1ccc(Cl)cc1. The van der Waals surface area contributed by atoms with Crippen LogP contribution in [0.4, 0.5) is 0 Å². The van der Waals surface area contributed by atoms with Crippen molar-refractivity contribution in [1.82, 2.24) is 9.78 Å². The maximum absolute atomic E-state index is 11.9. The topological polar surface area (TPSA) is 115 Å². The van der Waals surface area contributed by atoms with E-state index < -0.39 is 16.0 Å². The molecule has 3 N–H and O–H groups in total. The van der Waals surface area contributed by atoms with E-state index >= 15 is 0 Å². The lowest BCUT2D eigenvalue weighted by molar-refractivity contribution is 0.0688. The largest absolute Gasteiger partial charge is 0.476 e. The zero-order valence-corrected chi connectivity index (χ0v) is 17.9. The van der Waals surface area contributed by atoms with E-state index in [1.807, 2.05) is 12.1 Å². The fourth-order valence-electron chi connectivity index (χ4n) is 3.28. The standard InChI is InChI=1S/C21H22ClN3O4S/c1-2-3-4-5-18-19(21(26)27)24-25(20(18)14-6-8-15(22)9-7-14)16-10-12-17(13-11-16)30(23,28)29/h6-13H,2-5H2,1H3,(H,26,27)(H2,23,28,29). The van der Waals surface area contributed by atoms with Crippen LogP contribution in [-0.2, 0) is 16.4 Å². The van der Waals surface area contributed by atoms with Crippen molar-refractivity contribution < 1.29 is 18.3 Å². The Morgan fingerprint density at radius 1 is 1.10 bits per heavy atom. The molecule has 0 aliphatic carbocycles. The first-order valence-corrected chi connectivity index (χ1v) is 11.4. The fourth-order valence-corrected chi connectivity index (χ4v) is 3.92. The van der Waals surface area contributed by atoms with E-state index in [9.17, 15) is 18.3 Å². The van der Waals surface area contributed by atoms with Gasteiger partial charge in [0.15, 0.2) is 5.69 Å². The fraction of sp³-hybridized carbons (Fsp3) is 0.238. The second kappa shape index (κ2) is 8.99. The van der Waals surface area contributed by atoms with Gasteiger partial charge in [0, 0.05) is 16.1 Å². The van der Waals surface area contributed by atoms with Crippen molar-refractivity contribution in [2.24, 2.45) is 5.14 Å². The van der Waals surface area contributed by atoms with Crippen LogP contribution in [0.5, 0.6) is 0 Å². The summed E-state index contributed by atoms with van der Waals surface area (Å²) in [6.45, 7) is 2.08. The van der Waals surface area contributed by atoms with E-state index in [0.29, 0.717) is 28.4 Å². The van der Waals surface area contributed by atoms with Gasteiger partial charge in [-0.25, -0.2) is 23.0 Å². The number of hydrogen-bond acceptors (Lipinski definition) is 4. The van der Waals surface area contributed by atoms with Gasteiger partial charge in [-0.2, -0.15) is 5.10 Å². The van der Waals surface area contributed by atoms with Crippen LogP contribution in [-0.4, -0.2) is 29.3 Å². The summed E-state index contributed by atoms with van der Waals surface area (Å²) < 4.78 is 24.6. The van der Waals surface area contributed by atoms with Crippen molar-refractivity contribution in [1.29, 1.82) is 0 Å². The van der Waals surface area contributed by atoms with Crippen LogP contribution < -0.4 is 5.14 Å². The second-order valence-corrected chi connectivity index (χ2v) is 8.89. The van der Waals surface area contributed by atoms with Crippen molar-refractivity contribution in [3.05, 3.63) is 64.8 Å². The summed E-state index contributed by atoms with van der Waals surface area (Å²) in [6, 6.07) is 12.9. The molecule has 0 atom stereocenters. The molecule has 0 fully saturated rings. The van der Waals surface area contributed by atoms with Crippen molar-refractivity contribution in [2.75, 3.05) is 0 Å². The number of primary sulfonamides is 1. The molecule has 0 bridgehead atoms. The minimum atomic E-state index is -3.84. The molecule has 0 unspecified atom stereocenters. The highest BCUT2D eigenvalue weighted by Crippen LogP contribution is 2.32. The molecule has 1 heterocycles. The Labute approximate surface area is 180 Å². The number of nitrogens with two attached hydrogens (primary N) is 1. The lowest BCUT2D eigenvalue weighted by Crippen LogP contribution is -2.12. The van der Waals surface area contributed by atoms with Crippen LogP contribution in [0.1, 0.15) is 42.2 Å². The summed E-state index contributed by atoms with van der Waals surface area (Å²) in [6.07, 6.45) is 3.35. The molecule has 3 aromatic rings. The third-order valence-electron chi connectivity index (χ3n) is 4.74.